The number of anilines is 2. The van der Waals surface area contributed by atoms with E-state index >= 15 is 0 Å². The van der Waals surface area contributed by atoms with Crippen molar-refractivity contribution in [2.45, 2.75) is 13.3 Å². The highest BCUT2D eigenvalue weighted by Gasteiger charge is 2.08. The molecule has 21 heavy (non-hydrogen) atoms. The van der Waals surface area contributed by atoms with Crippen LogP contribution in [-0.2, 0) is 16.0 Å². The zero-order chi connectivity index (χ0) is 15.2. The van der Waals surface area contributed by atoms with E-state index in [1.807, 2.05) is 30.5 Å². The van der Waals surface area contributed by atoms with Crippen LogP contribution in [0.5, 0.6) is 0 Å². The van der Waals surface area contributed by atoms with Crippen LogP contribution in [0.1, 0.15) is 10.4 Å². The van der Waals surface area contributed by atoms with Crippen LogP contribution in [0.4, 0.5) is 11.4 Å². The number of thiophene rings is 1. The van der Waals surface area contributed by atoms with E-state index in [1.54, 1.807) is 23.5 Å². The maximum atomic E-state index is 12.0. The highest BCUT2D eigenvalue weighted by Crippen LogP contribution is 2.21. The maximum Gasteiger partial charge on any atom is 0.238 e. The highest BCUT2D eigenvalue weighted by atomic mass is 32.1. The second-order valence-corrected chi connectivity index (χ2v) is 5.62. The molecule has 0 radical (unpaired) electrons. The summed E-state index contributed by atoms with van der Waals surface area (Å²) in [7, 11) is 0. The summed E-state index contributed by atoms with van der Waals surface area (Å²) in [6, 6.07) is 9.19. The first kappa shape index (κ1) is 15.2. The summed E-state index contributed by atoms with van der Waals surface area (Å²) in [4.78, 5) is 24.3. The third-order valence-electron chi connectivity index (χ3n) is 2.90. The van der Waals surface area contributed by atoms with Gasteiger partial charge in [0.1, 0.15) is 0 Å². The third kappa shape index (κ3) is 4.40. The SMILES string of the molecule is Cc1ccc(NC(=O)CN)cc1NC(=O)Cc1cccs1. The molecule has 1 aromatic heterocycles. The third-order valence-corrected chi connectivity index (χ3v) is 3.77. The maximum absolute atomic E-state index is 12.0. The molecule has 0 bridgehead atoms. The van der Waals surface area contributed by atoms with Gasteiger partial charge in [0.25, 0.3) is 0 Å². The summed E-state index contributed by atoms with van der Waals surface area (Å²) in [6.07, 6.45) is 0.344. The molecule has 0 saturated carbocycles. The molecule has 4 N–H and O–H groups in total. The van der Waals surface area contributed by atoms with Crippen molar-refractivity contribution in [3.05, 3.63) is 46.2 Å². The standard InChI is InChI=1S/C15H17N3O2S/c1-10-4-5-11(17-15(20)9-16)7-13(10)18-14(19)8-12-3-2-6-21-12/h2-7H,8-9,16H2,1H3,(H,17,20)(H,18,19). The van der Waals surface area contributed by atoms with E-state index in [-0.39, 0.29) is 18.4 Å². The van der Waals surface area contributed by atoms with Crippen LogP contribution >= 0.6 is 11.3 Å². The molecule has 0 unspecified atom stereocenters. The normalized spacial score (nSPS) is 10.2. The first-order valence-electron chi connectivity index (χ1n) is 6.51. The lowest BCUT2D eigenvalue weighted by Gasteiger charge is -2.11. The molecule has 0 aliphatic rings. The Morgan fingerprint density at radius 1 is 1.19 bits per heavy atom. The lowest BCUT2D eigenvalue weighted by Crippen LogP contribution is -2.22. The number of benzene rings is 1. The van der Waals surface area contributed by atoms with Gasteiger partial charge in [-0.3, -0.25) is 9.59 Å². The van der Waals surface area contributed by atoms with Gasteiger partial charge in [-0.25, -0.2) is 0 Å². The van der Waals surface area contributed by atoms with E-state index in [4.69, 9.17) is 5.73 Å². The summed E-state index contributed by atoms with van der Waals surface area (Å²) < 4.78 is 0. The van der Waals surface area contributed by atoms with Gasteiger partial charge in [0, 0.05) is 16.3 Å². The van der Waals surface area contributed by atoms with E-state index in [1.165, 1.54) is 0 Å². The number of carbonyl (C=O) groups excluding carboxylic acids is 2. The van der Waals surface area contributed by atoms with Crippen molar-refractivity contribution in [2.75, 3.05) is 17.2 Å². The number of aryl methyl sites for hydroxylation is 1. The van der Waals surface area contributed by atoms with Gasteiger partial charge < -0.3 is 16.4 Å². The Morgan fingerprint density at radius 3 is 2.67 bits per heavy atom. The second kappa shape index (κ2) is 7.01. The van der Waals surface area contributed by atoms with Crippen LogP contribution in [0.3, 0.4) is 0 Å². The molecule has 1 aromatic carbocycles. The molecular weight excluding hydrogens is 286 g/mol. The monoisotopic (exact) mass is 303 g/mol. The van der Waals surface area contributed by atoms with E-state index in [0.29, 0.717) is 17.8 Å². The number of rotatable bonds is 5. The summed E-state index contributed by atoms with van der Waals surface area (Å²) in [5.41, 5.74) is 7.49. The largest absolute Gasteiger partial charge is 0.325 e. The highest BCUT2D eigenvalue weighted by molar-refractivity contribution is 7.10. The van der Waals surface area contributed by atoms with Gasteiger partial charge in [-0.15, -0.1) is 11.3 Å². The van der Waals surface area contributed by atoms with Crippen LogP contribution in [-0.4, -0.2) is 18.4 Å². The molecule has 2 aromatic rings. The van der Waals surface area contributed by atoms with E-state index in [0.717, 1.165) is 10.4 Å². The van der Waals surface area contributed by atoms with E-state index in [9.17, 15) is 9.59 Å². The lowest BCUT2D eigenvalue weighted by atomic mass is 10.1. The summed E-state index contributed by atoms with van der Waals surface area (Å²) in [6.45, 7) is 1.82. The molecule has 6 heteroatoms. The average molecular weight is 303 g/mol. The molecular formula is C15H17N3O2S. The minimum atomic E-state index is -0.269. The van der Waals surface area contributed by atoms with Crippen molar-refractivity contribution >= 4 is 34.5 Å². The predicted molar refractivity (Wildman–Crippen MR) is 85.5 cm³/mol. The Bertz CT molecular complexity index is 638. The molecule has 2 rings (SSSR count). The van der Waals surface area contributed by atoms with Gasteiger partial charge in [0.05, 0.1) is 13.0 Å². The Morgan fingerprint density at radius 2 is 2.00 bits per heavy atom. The fraction of sp³-hybridized carbons (Fsp3) is 0.200. The number of amides is 2. The van der Waals surface area contributed by atoms with Crippen molar-refractivity contribution in [1.82, 2.24) is 0 Å². The van der Waals surface area contributed by atoms with Crippen molar-refractivity contribution in [3.8, 4) is 0 Å². The first-order chi connectivity index (χ1) is 10.1. The summed E-state index contributed by atoms with van der Waals surface area (Å²) >= 11 is 1.55. The van der Waals surface area contributed by atoms with Gasteiger partial charge in [-0.2, -0.15) is 0 Å². The predicted octanol–water partition coefficient (Wildman–Crippen LogP) is 2.13. The molecule has 110 valence electrons. The zero-order valence-corrected chi connectivity index (χ0v) is 12.5. The Hall–Kier alpha value is -2.18. The van der Waals surface area contributed by atoms with Gasteiger partial charge in [-0.05, 0) is 36.1 Å². The molecule has 1 heterocycles. The Balaban J connectivity index is 2.06. The van der Waals surface area contributed by atoms with Crippen LogP contribution in [0.2, 0.25) is 0 Å². The van der Waals surface area contributed by atoms with Gasteiger partial charge in [0.15, 0.2) is 0 Å². The molecule has 0 aliphatic heterocycles. The fourth-order valence-corrected chi connectivity index (χ4v) is 2.52. The number of carbonyl (C=O) groups is 2. The van der Waals surface area contributed by atoms with Gasteiger partial charge in [-0.1, -0.05) is 12.1 Å². The molecule has 0 fully saturated rings. The fourth-order valence-electron chi connectivity index (χ4n) is 1.81. The van der Waals surface area contributed by atoms with Crippen molar-refractivity contribution in [2.24, 2.45) is 5.73 Å². The lowest BCUT2D eigenvalue weighted by molar-refractivity contribution is -0.116. The Kier molecular flexibility index (Phi) is 5.08. The quantitative estimate of drug-likeness (QED) is 0.791. The average Bonchev–Trinajstić information content (AvgIpc) is 2.95. The van der Waals surface area contributed by atoms with Gasteiger partial charge >= 0.3 is 0 Å². The molecule has 0 saturated heterocycles. The minimum Gasteiger partial charge on any atom is -0.325 e. The second-order valence-electron chi connectivity index (χ2n) is 4.59. The van der Waals surface area contributed by atoms with E-state index in [2.05, 4.69) is 10.6 Å². The summed E-state index contributed by atoms with van der Waals surface area (Å²) in [5.74, 6) is -0.349. The number of nitrogens with two attached hydrogens (primary N) is 1. The molecule has 0 atom stereocenters. The van der Waals surface area contributed by atoms with Crippen LogP contribution < -0.4 is 16.4 Å². The Labute approximate surface area is 127 Å². The molecule has 5 nitrogen and oxygen atoms in total. The smallest absolute Gasteiger partial charge is 0.238 e. The molecule has 2 amide bonds. The topological polar surface area (TPSA) is 84.2 Å². The van der Waals surface area contributed by atoms with Crippen LogP contribution in [0.25, 0.3) is 0 Å². The van der Waals surface area contributed by atoms with Crippen LogP contribution in [0, 0.1) is 6.92 Å². The number of nitrogens with one attached hydrogen (secondary N) is 2. The van der Waals surface area contributed by atoms with Crippen LogP contribution in [0.15, 0.2) is 35.7 Å². The van der Waals surface area contributed by atoms with Gasteiger partial charge in [0.2, 0.25) is 11.8 Å². The number of hydrogen-bond donors (Lipinski definition) is 3. The summed E-state index contributed by atoms with van der Waals surface area (Å²) in [5, 5.41) is 7.47. The first-order valence-corrected chi connectivity index (χ1v) is 7.39. The van der Waals surface area contributed by atoms with Crippen molar-refractivity contribution in [1.29, 1.82) is 0 Å². The minimum absolute atomic E-state index is 0.0754. The van der Waals surface area contributed by atoms with Crippen molar-refractivity contribution < 1.29 is 9.59 Å². The molecule has 0 spiro atoms. The van der Waals surface area contributed by atoms with Crippen molar-refractivity contribution in [3.63, 3.8) is 0 Å². The molecule has 0 aliphatic carbocycles. The zero-order valence-electron chi connectivity index (χ0n) is 11.7. The van der Waals surface area contributed by atoms with E-state index < -0.39 is 0 Å². The number of hydrogen-bond acceptors (Lipinski definition) is 4.